The second-order valence-electron chi connectivity index (χ2n) is 4.62. The Morgan fingerprint density at radius 2 is 2.24 bits per heavy atom. The predicted molar refractivity (Wildman–Crippen MR) is 60.6 cm³/mol. The van der Waals surface area contributed by atoms with E-state index in [1.807, 2.05) is 0 Å². The van der Waals surface area contributed by atoms with Crippen LogP contribution in [0.5, 0.6) is 5.75 Å². The first-order valence-electron chi connectivity index (χ1n) is 5.68. The van der Waals surface area contributed by atoms with Gasteiger partial charge in [-0.1, -0.05) is 0 Å². The molecule has 0 unspecified atom stereocenters. The molecule has 0 saturated heterocycles. The van der Waals surface area contributed by atoms with E-state index in [-0.39, 0.29) is 12.2 Å². The molecule has 1 fully saturated rings. The number of carboxylic acids is 1. The molecule has 4 heteroatoms. The number of hydrogen-bond donors (Lipinski definition) is 1. The first kappa shape index (κ1) is 11.9. The van der Waals surface area contributed by atoms with Crippen molar-refractivity contribution in [2.45, 2.75) is 38.2 Å². The number of rotatable bonds is 4. The van der Waals surface area contributed by atoms with Crippen LogP contribution >= 0.6 is 0 Å². The minimum atomic E-state index is -0.858. The van der Waals surface area contributed by atoms with E-state index in [1.165, 1.54) is 6.07 Å². The highest BCUT2D eigenvalue weighted by Gasteiger charge is 2.41. The third-order valence-electron chi connectivity index (χ3n) is 3.20. The van der Waals surface area contributed by atoms with Crippen LogP contribution in [0.15, 0.2) is 18.2 Å². The predicted octanol–water partition coefficient (Wildman–Crippen LogP) is 2.91. The van der Waals surface area contributed by atoms with Crippen LogP contribution < -0.4 is 4.74 Å². The van der Waals surface area contributed by atoms with E-state index in [0.717, 1.165) is 19.3 Å². The van der Waals surface area contributed by atoms with Gasteiger partial charge in [0.05, 0.1) is 6.42 Å². The van der Waals surface area contributed by atoms with E-state index in [9.17, 15) is 9.18 Å². The molecule has 1 aromatic rings. The van der Waals surface area contributed by atoms with Gasteiger partial charge in [-0.3, -0.25) is 4.79 Å². The molecular weight excluding hydrogens is 223 g/mol. The maximum atomic E-state index is 13.1. The van der Waals surface area contributed by atoms with Gasteiger partial charge in [0, 0.05) is 0 Å². The fourth-order valence-corrected chi connectivity index (χ4v) is 2.09. The molecule has 1 N–H and O–H groups in total. The molecular formula is C13H15FO3. The number of aliphatic carboxylic acids is 1. The van der Waals surface area contributed by atoms with Gasteiger partial charge in [-0.25, -0.2) is 4.39 Å². The second-order valence-corrected chi connectivity index (χ2v) is 4.62. The van der Waals surface area contributed by atoms with Crippen LogP contribution in [-0.2, 0) is 4.79 Å². The van der Waals surface area contributed by atoms with Crippen molar-refractivity contribution in [3.63, 3.8) is 0 Å². The quantitative estimate of drug-likeness (QED) is 0.877. The van der Waals surface area contributed by atoms with Crippen molar-refractivity contribution in [1.82, 2.24) is 0 Å². The molecule has 0 aliphatic heterocycles. The van der Waals surface area contributed by atoms with E-state index in [2.05, 4.69) is 0 Å². The molecule has 1 aliphatic rings. The lowest BCUT2D eigenvalue weighted by molar-refractivity contribution is -0.144. The Morgan fingerprint density at radius 1 is 1.53 bits per heavy atom. The van der Waals surface area contributed by atoms with Crippen molar-refractivity contribution in [3.8, 4) is 5.75 Å². The van der Waals surface area contributed by atoms with Crippen LogP contribution in [0.2, 0.25) is 0 Å². The van der Waals surface area contributed by atoms with Gasteiger partial charge in [-0.15, -0.1) is 0 Å². The summed E-state index contributed by atoms with van der Waals surface area (Å²) < 4.78 is 18.8. The summed E-state index contributed by atoms with van der Waals surface area (Å²) in [5.74, 6) is -0.591. The monoisotopic (exact) mass is 238 g/mol. The Hall–Kier alpha value is -1.58. The molecule has 1 aromatic carbocycles. The average Bonchev–Trinajstić information content (AvgIpc) is 2.19. The van der Waals surface area contributed by atoms with Crippen LogP contribution in [0.4, 0.5) is 4.39 Å². The summed E-state index contributed by atoms with van der Waals surface area (Å²) in [5.41, 5.74) is -0.0804. The van der Waals surface area contributed by atoms with E-state index in [1.54, 1.807) is 19.1 Å². The molecule has 0 atom stereocenters. The van der Waals surface area contributed by atoms with Gasteiger partial charge in [0.25, 0.3) is 0 Å². The van der Waals surface area contributed by atoms with Crippen molar-refractivity contribution < 1.29 is 19.0 Å². The average molecular weight is 238 g/mol. The van der Waals surface area contributed by atoms with Crippen molar-refractivity contribution in [1.29, 1.82) is 0 Å². The second kappa shape index (κ2) is 4.35. The molecule has 0 radical (unpaired) electrons. The van der Waals surface area contributed by atoms with E-state index in [0.29, 0.717) is 11.3 Å². The molecule has 0 aromatic heterocycles. The molecule has 17 heavy (non-hydrogen) atoms. The summed E-state index contributed by atoms with van der Waals surface area (Å²) >= 11 is 0. The smallest absolute Gasteiger partial charge is 0.307 e. The highest BCUT2D eigenvalue weighted by molar-refractivity contribution is 5.68. The number of ether oxygens (including phenoxy) is 1. The zero-order valence-corrected chi connectivity index (χ0v) is 9.70. The highest BCUT2D eigenvalue weighted by atomic mass is 19.1. The fraction of sp³-hybridized carbons (Fsp3) is 0.462. The Labute approximate surface area is 99.2 Å². The third-order valence-corrected chi connectivity index (χ3v) is 3.20. The van der Waals surface area contributed by atoms with Crippen LogP contribution in [0.1, 0.15) is 31.2 Å². The van der Waals surface area contributed by atoms with Gasteiger partial charge in [-0.05, 0) is 49.9 Å². The van der Waals surface area contributed by atoms with E-state index >= 15 is 0 Å². The third kappa shape index (κ3) is 2.57. The van der Waals surface area contributed by atoms with Gasteiger partial charge < -0.3 is 9.84 Å². The summed E-state index contributed by atoms with van der Waals surface area (Å²) in [5, 5.41) is 8.85. The molecule has 0 spiro atoms. The number of benzene rings is 1. The number of halogens is 1. The van der Waals surface area contributed by atoms with Gasteiger partial charge in [0.15, 0.2) is 0 Å². The summed E-state index contributed by atoms with van der Waals surface area (Å²) in [7, 11) is 0. The Balaban J connectivity index is 2.13. The number of aryl methyl sites for hydroxylation is 1. The lowest BCUT2D eigenvalue weighted by atomic mass is 9.77. The van der Waals surface area contributed by atoms with Crippen LogP contribution in [-0.4, -0.2) is 16.7 Å². The first-order valence-corrected chi connectivity index (χ1v) is 5.68. The van der Waals surface area contributed by atoms with Crippen LogP contribution in [0.25, 0.3) is 0 Å². The van der Waals surface area contributed by atoms with Gasteiger partial charge >= 0.3 is 5.97 Å². The lowest BCUT2D eigenvalue weighted by Gasteiger charge is -2.40. The Kier molecular flexibility index (Phi) is 3.05. The SMILES string of the molecule is Cc1cc(OC2(CC(=O)O)CCC2)ccc1F. The minimum absolute atomic E-state index is 0.00340. The Bertz CT molecular complexity index is 438. The van der Waals surface area contributed by atoms with E-state index < -0.39 is 11.6 Å². The maximum absolute atomic E-state index is 13.1. The van der Waals surface area contributed by atoms with Gasteiger partial charge in [0.2, 0.25) is 0 Å². The molecule has 1 saturated carbocycles. The van der Waals surface area contributed by atoms with Crippen molar-refractivity contribution in [2.75, 3.05) is 0 Å². The summed E-state index contributed by atoms with van der Waals surface area (Å²) in [4.78, 5) is 10.8. The number of hydrogen-bond acceptors (Lipinski definition) is 2. The molecule has 0 heterocycles. The molecule has 92 valence electrons. The van der Waals surface area contributed by atoms with Gasteiger partial charge in [0.1, 0.15) is 17.2 Å². The van der Waals surface area contributed by atoms with Crippen molar-refractivity contribution >= 4 is 5.97 Å². The lowest BCUT2D eigenvalue weighted by Crippen LogP contribution is -2.45. The zero-order chi connectivity index (χ0) is 12.5. The standard InChI is InChI=1S/C13H15FO3/c1-9-7-10(3-4-11(9)14)17-13(5-2-6-13)8-12(15)16/h3-4,7H,2,5-6,8H2,1H3,(H,15,16). The zero-order valence-electron chi connectivity index (χ0n) is 9.70. The maximum Gasteiger partial charge on any atom is 0.307 e. The topological polar surface area (TPSA) is 46.5 Å². The molecule has 0 amide bonds. The largest absolute Gasteiger partial charge is 0.487 e. The van der Waals surface area contributed by atoms with Crippen LogP contribution in [0.3, 0.4) is 0 Å². The van der Waals surface area contributed by atoms with Crippen molar-refractivity contribution in [2.24, 2.45) is 0 Å². The van der Waals surface area contributed by atoms with Crippen molar-refractivity contribution in [3.05, 3.63) is 29.6 Å². The molecule has 2 rings (SSSR count). The van der Waals surface area contributed by atoms with E-state index in [4.69, 9.17) is 9.84 Å². The summed E-state index contributed by atoms with van der Waals surface area (Å²) in [6, 6.07) is 4.50. The molecule has 3 nitrogen and oxygen atoms in total. The minimum Gasteiger partial charge on any atom is -0.487 e. The summed E-state index contributed by atoms with van der Waals surface area (Å²) in [6.45, 7) is 1.66. The Morgan fingerprint density at radius 3 is 2.71 bits per heavy atom. The first-order chi connectivity index (χ1) is 8.01. The van der Waals surface area contributed by atoms with Crippen LogP contribution in [0, 0.1) is 12.7 Å². The normalized spacial score (nSPS) is 17.3. The number of carboxylic acid groups (broad SMARTS) is 1. The number of carbonyl (C=O) groups is 1. The molecule has 0 bridgehead atoms. The highest BCUT2D eigenvalue weighted by Crippen LogP contribution is 2.39. The summed E-state index contributed by atoms with van der Waals surface area (Å²) in [6.07, 6.45) is 2.47. The fourth-order valence-electron chi connectivity index (χ4n) is 2.09. The molecule has 1 aliphatic carbocycles. The van der Waals surface area contributed by atoms with Gasteiger partial charge in [-0.2, -0.15) is 0 Å².